The minimum absolute atomic E-state index is 0.0159. The van der Waals surface area contributed by atoms with Gasteiger partial charge >= 0.3 is 0 Å². The number of rotatable bonds is 3. The molecule has 1 unspecified atom stereocenters. The van der Waals surface area contributed by atoms with Gasteiger partial charge in [-0.2, -0.15) is 5.26 Å². The van der Waals surface area contributed by atoms with Crippen LogP contribution in [-0.4, -0.2) is 16.1 Å². The quantitative estimate of drug-likeness (QED) is 0.845. The van der Waals surface area contributed by atoms with Crippen molar-refractivity contribution in [2.24, 2.45) is 5.73 Å². The Balaban J connectivity index is 2.40. The third-order valence-corrected chi connectivity index (χ3v) is 3.17. The molecule has 0 aliphatic carbocycles. The summed E-state index contributed by atoms with van der Waals surface area (Å²) in [6.07, 6.45) is 3.41. The summed E-state index contributed by atoms with van der Waals surface area (Å²) in [5, 5.41) is 10.9. The SMILES string of the molecule is N#Cc1nccn1C(CN)c1cccs1. The molecule has 0 saturated carbocycles. The summed E-state index contributed by atoms with van der Waals surface area (Å²) >= 11 is 1.64. The third kappa shape index (κ3) is 1.77. The van der Waals surface area contributed by atoms with E-state index in [0.717, 1.165) is 4.88 Å². The topological polar surface area (TPSA) is 67.6 Å². The van der Waals surface area contributed by atoms with Crippen LogP contribution >= 0.6 is 11.3 Å². The van der Waals surface area contributed by atoms with Crippen LogP contribution in [0.3, 0.4) is 0 Å². The summed E-state index contributed by atoms with van der Waals surface area (Å²) in [7, 11) is 0. The van der Waals surface area contributed by atoms with Crippen molar-refractivity contribution in [3.05, 3.63) is 40.6 Å². The normalized spacial score (nSPS) is 12.3. The van der Waals surface area contributed by atoms with Gasteiger partial charge < -0.3 is 10.3 Å². The van der Waals surface area contributed by atoms with Crippen molar-refractivity contribution >= 4 is 11.3 Å². The Hall–Kier alpha value is -1.64. The van der Waals surface area contributed by atoms with Crippen LogP contribution in [0.2, 0.25) is 0 Å². The standard InChI is InChI=1S/C10H10N4S/c11-6-8(9-2-1-5-15-9)14-4-3-13-10(14)7-12/h1-5,8H,6,11H2. The molecule has 2 rings (SSSR count). The third-order valence-electron chi connectivity index (χ3n) is 2.20. The molecule has 0 bridgehead atoms. The van der Waals surface area contributed by atoms with Gasteiger partial charge in [0.2, 0.25) is 5.82 Å². The Bertz CT molecular complexity index is 466. The molecule has 1 atom stereocenters. The second-order valence-electron chi connectivity index (χ2n) is 3.04. The van der Waals surface area contributed by atoms with E-state index in [1.54, 1.807) is 23.7 Å². The first-order chi connectivity index (χ1) is 7.36. The molecule has 2 aromatic heterocycles. The number of hydrogen-bond donors (Lipinski definition) is 1. The van der Waals surface area contributed by atoms with E-state index in [1.165, 1.54) is 0 Å². The maximum Gasteiger partial charge on any atom is 0.213 e. The maximum absolute atomic E-state index is 8.88. The highest BCUT2D eigenvalue weighted by atomic mass is 32.1. The number of aromatic nitrogens is 2. The molecule has 0 radical (unpaired) electrons. The number of hydrogen-bond acceptors (Lipinski definition) is 4. The van der Waals surface area contributed by atoms with E-state index >= 15 is 0 Å². The monoisotopic (exact) mass is 218 g/mol. The highest BCUT2D eigenvalue weighted by Crippen LogP contribution is 2.23. The number of nitrogens with two attached hydrogens (primary N) is 1. The number of thiophene rings is 1. The van der Waals surface area contributed by atoms with E-state index in [-0.39, 0.29) is 6.04 Å². The number of nitrogens with zero attached hydrogens (tertiary/aromatic N) is 3. The number of imidazole rings is 1. The molecular weight excluding hydrogens is 208 g/mol. The van der Waals surface area contributed by atoms with Crippen LogP contribution < -0.4 is 5.73 Å². The Kier molecular flexibility index (Phi) is 2.81. The minimum Gasteiger partial charge on any atom is -0.328 e. The van der Waals surface area contributed by atoms with Crippen LogP contribution in [0.5, 0.6) is 0 Å². The Morgan fingerprint density at radius 3 is 3.13 bits per heavy atom. The Morgan fingerprint density at radius 2 is 2.53 bits per heavy atom. The van der Waals surface area contributed by atoms with Crippen LogP contribution in [0.15, 0.2) is 29.9 Å². The maximum atomic E-state index is 8.88. The first kappa shape index (κ1) is 9.90. The van der Waals surface area contributed by atoms with Crippen molar-refractivity contribution in [3.8, 4) is 6.07 Å². The molecule has 4 nitrogen and oxygen atoms in total. The predicted molar refractivity (Wildman–Crippen MR) is 58.5 cm³/mol. The predicted octanol–water partition coefficient (Wildman–Crippen LogP) is 1.36. The molecule has 5 heteroatoms. The summed E-state index contributed by atoms with van der Waals surface area (Å²) in [6.45, 7) is 0.464. The van der Waals surface area contributed by atoms with E-state index in [9.17, 15) is 0 Å². The van der Waals surface area contributed by atoms with Crippen LogP contribution in [0.1, 0.15) is 16.7 Å². The van der Waals surface area contributed by atoms with Gasteiger partial charge in [0.25, 0.3) is 0 Å². The zero-order chi connectivity index (χ0) is 10.7. The fourth-order valence-corrected chi connectivity index (χ4v) is 2.34. The molecule has 0 saturated heterocycles. The minimum atomic E-state index is 0.0159. The van der Waals surface area contributed by atoms with Crippen LogP contribution in [0, 0.1) is 11.3 Å². The molecule has 0 spiro atoms. The molecule has 2 N–H and O–H groups in total. The van der Waals surface area contributed by atoms with Gasteiger partial charge in [-0.1, -0.05) is 6.07 Å². The van der Waals surface area contributed by atoms with Gasteiger partial charge in [-0.15, -0.1) is 11.3 Å². The van der Waals surface area contributed by atoms with Crippen molar-refractivity contribution in [2.75, 3.05) is 6.54 Å². The Labute approximate surface area is 91.6 Å². The summed E-state index contributed by atoms with van der Waals surface area (Å²) in [6, 6.07) is 6.06. The molecule has 76 valence electrons. The lowest BCUT2D eigenvalue weighted by atomic mass is 10.2. The van der Waals surface area contributed by atoms with Crippen molar-refractivity contribution in [2.45, 2.75) is 6.04 Å². The van der Waals surface area contributed by atoms with Gasteiger partial charge in [0.05, 0.1) is 6.04 Å². The molecular formula is C10H10N4S. The zero-order valence-corrected chi connectivity index (χ0v) is 8.81. The molecule has 0 fully saturated rings. The lowest BCUT2D eigenvalue weighted by Crippen LogP contribution is -2.20. The van der Waals surface area contributed by atoms with Crippen molar-refractivity contribution in [1.29, 1.82) is 5.26 Å². The fourth-order valence-electron chi connectivity index (χ4n) is 1.50. The van der Waals surface area contributed by atoms with Crippen LogP contribution in [-0.2, 0) is 0 Å². The lowest BCUT2D eigenvalue weighted by molar-refractivity contribution is 0.597. The van der Waals surface area contributed by atoms with Crippen LogP contribution in [0.4, 0.5) is 0 Å². The van der Waals surface area contributed by atoms with Gasteiger partial charge in [-0.3, -0.25) is 0 Å². The molecule has 2 heterocycles. The van der Waals surface area contributed by atoms with Crippen molar-refractivity contribution < 1.29 is 0 Å². The van der Waals surface area contributed by atoms with E-state index in [0.29, 0.717) is 12.4 Å². The van der Waals surface area contributed by atoms with Gasteiger partial charge in [-0.05, 0) is 11.4 Å². The van der Waals surface area contributed by atoms with Crippen molar-refractivity contribution in [1.82, 2.24) is 9.55 Å². The lowest BCUT2D eigenvalue weighted by Gasteiger charge is -2.15. The molecule has 0 aliphatic rings. The van der Waals surface area contributed by atoms with E-state index in [1.807, 2.05) is 22.1 Å². The smallest absolute Gasteiger partial charge is 0.213 e. The second-order valence-corrected chi connectivity index (χ2v) is 4.02. The highest BCUT2D eigenvalue weighted by molar-refractivity contribution is 7.10. The first-order valence-electron chi connectivity index (χ1n) is 4.53. The van der Waals surface area contributed by atoms with Gasteiger partial charge in [0.1, 0.15) is 6.07 Å². The summed E-state index contributed by atoms with van der Waals surface area (Å²) in [5.41, 5.74) is 5.73. The average molecular weight is 218 g/mol. The summed E-state index contributed by atoms with van der Waals surface area (Å²) < 4.78 is 1.81. The first-order valence-corrected chi connectivity index (χ1v) is 5.41. The Morgan fingerprint density at radius 1 is 1.67 bits per heavy atom. The summed E-state index contributed by atoms with van der Waals surface area (Å²) in [5.74, 6) is 0.402. The highest BCUT2D eigenvalue weighted by Gasteiger charge is 2.15. The van der Waals surface area contributed by atoms with Gasteiger partial charge in [0, 0.05) is 23.8 Å². The molecule has 2 aromatic rings. The van der Waals surface area contributed by atoms with Crippen LogP contribution in [0.25, 0.3) is 0 Å². The second kappa shape index (κ2) is 4.26. The zero-order valence-electron chi connectivity index (χ0n) is 8.00. The average Bonchev–Trinajstić information content (AvgIpc) is 2.89. The number of nitriles is 1. The van der Waals surface area contributed by atoms with Gasteiger partial charge in [-0.25, -0.2) is 4.98 Å². The fraction of sp³-hybridized carbons (Fsp3) is 0.200. The molecule has 15 heavy (non-hydrogen) atoms. The van der Waals surface area contributed by atoms with E-state index in [4.69, 9.17) is 11.0 Å². The van der Waals surface area contributed by atoms with Gasteiger partial charge in [0.15, 0.2) is 0 Å². The summed E-state index contributed by atoms with van der Waals surface area (Å²) in [4.78, 5) is 5.11. The van der Waals surface area contributed by atoms with E-state index in [2.05, 4.69) is 11.1 Å². The molecule has 0 amide bonds. The van der Waals surface area contributed by atoms with E-state index < -0.39 is 0 Å². The van der Waals surface area contributed by atoms with Crippen molar-refractivity contribution in [3.63, 3.8) is 0 Å². The largest absolute Gasteiger partial charge is 0.328 e. The molecule has 0 aliphatic heterocycles. The molecule has 0 aromatic carbocycles.